The number of aliphatic carboxylic acids is 1. The second kappa shape index (κ2) is 6.90. The molecule has 1 aromatic heterocycles. The zero-order chi connectivity index (χ0) is 17.9. The van der Waals surface area contributed by atoms with Crippen molar-refractivity contribution in [1.29, 1.82) is 0 Å². The van der Waals surface area contributed by atoms with E-state index in [0.29, 0.717) is 5.69 Å². The topological polar surface area (TPSA) is 119 Å². The molecule has 0 saturated heterocycles. The number of non-ortho nitro benzene ring substituents is 1. The molecule has 0 spiro atoms. The van der Waals surface area contributed by atoms with Gasteiger partial charge in [-0.1, -0.05) is 0 Å². The van der Waals surface area contributed by atoms with Crippen molar-refractivity contribution in [3.63, 3.8) is 0 Å². The molecule has 0 aliphatic heterocycles. The highest BCUT2D eigenvalue weighted by molar-refractivity contribution is 5.94. The lowest BCUT2D eigenvalue weighted by Gasteiger charge is -2.23. The third-order valence-electron chi connectivity index (χ3n) is 3.32. The summed E-state index contributed by atoms with van der Waals surface area (Å²) >= 11 is 0. The molecule has 0 saturated carbocycles. The summed E-state index contributed by atoms with van der Waals surface area (Å²) in [4.78, 5) is 34.6. The number of carbonyl (C=O) groups is 2. The summed E-state index contributed by atoms with van der Waals surface area (Å²) < 4.78 is 1.40. The first kappa shape index (κ1) is 17.1. The minimum Gasteiger partial charge on any atom is -0.480 e. The number of carbonyl (C=O) groups excluding carboxylic acids is 1. The van der Waals surface area contributed by atoms with E-state index in [-0.39, 0.29) is 17.4 Å². The number of nitro groups is 1. The van der Waals surface area contributed by atoms with E-state index >= 15 is 0 Å². The fourth-order valence-electron chi connectivity index (χ4n) is 2.09. The van der Waals surface area contributed by atoms with Gasteiger partial charge in [-0.2, -0.15) is 5.10 Å². The Kier molecular flexibility index (Phi) is 4.93. The molecule has 1 N–H and O–H groups in total. The van der Waals surface area contributed by atoms with Crippen LogP contribution in [-0.2, 0) is 4.79 Å². The highest BCUT2D eigenvalue weighted by Crippen LogP contribution is 2.15. The largest absolute Gasteiger partial charge is 0.480 e. The highest BCUT2D eigenvalue weighted by Gasteiger charge is 2.23. The number of carboxylic acid groups (broad SMARTS) is 1. The number of aromatic nitrogens is 2. The van der Waals surface area contributed by atoms with Gasteiger partial charge in [0.05, 0.1) is 10.6 Å². The van der Waals surface area contributed by atoms with E-state index in [9.17, 15) is 19.7 Å². The first-order valence-corrected chi connectivity index (χ1v) is 7.13. The lowest BCUT2D eigenvalue weighted by Crippen LogP contribution is -2.40. The van der Waals surface area contributed by atoms with Gasteiger partial charge in [0.25, 0.3) is 11.6 Å². The molecule has 2 rings (SSSR count). The predicted molar refractivity (Wildman–Crippen MR) is 84.0 cm³/mol. The molecule has 0 fully saturated rings. The van der Waals surface area contributed by atoms with Crippen molar-refractivity contribution in [1.82, 2.24) is 14.7 Å². The summed E-state index contributed by atoms with van der Waals surface area (Å²) in [6.45, 7) is 3.02. The van der Waals surface area contributed by atoms with Crippen molar-refractivity contribution in [3.05, 3.63) is 52.3 Å². The second-order valence-corrected chi connectivity index (χ2v) is 5.34. The summed E-state index contributed by atoms with van der Waals surface area (Å²) in [6, 6.07) is 6.87. The molecule has 1 amide bonds. The third-order valence-corrected chi connectivity index (χ3v) is 3.32. The zero-order valence-electron chi connectivity index (χ0n) is 13.1. The number of hydrogen-bond acceptors (Lipinski definition) is 5. The summed E-state index contributed by atoms with van der Waals surface area (Å²) in [7, 11) is 0. The van der Waals surface area contributed by atoms with Crippen molar-refractivity contribution in [3.8, 4) is 5.69 Å². The Hall–Kier alpha value is -3.23. The van der Waals surface area contributed by atoms with Gasteiger partial charge in [0.1, 0.15) is 6.54 Å². The average Bonchev–Trinajstić information content (AvgIpc) is 3.01. The van der Waals surface area contributed by atoms with Gasteiger partial charge < -0.3 is 10.0 Å². The van der Waals surface area contributed by atoms with Crippen LogP contribution in [0.4, 0.5) is 5.69 Å². The van der Waals surface area contributed by atoms with Crippen molar-refractivity contribution in [2.45, 2.75) is 19.9 Å². The quantitative estimate of drug-likeness (QED) is 0.635. The number of benzene rings is 1. The van der Waals surface area contributed by atoms with Gasteiger partial charge in [-0.15, -0.1) is 0 Å². The Morgan fingerprint density at radius 3 is 2.42 bits per heavy atom. The van der Waals surface area contributed by atoms with Crippen LogP contribution < -0.4 is 0 Å². The van der Waals surface area contributed by atoms with Crippen LogP contribution >= 0.6 is 0 Å². The van der Waals surface area contributed by atoms with E-state index in [2.05, 4.69) is 5.10 Å². The van der Waals surface area contributed by atoms with Gasteiger partial charge in [0, 0.05) is 24.4 Å². The average molecular weight is 332 g/mol. The van der Waals surface area contributed by atoms with Crippen LogP contribution in [0.2, 0.25) is 0 Å². The van der Waals surface area contributed by atoms with Gasteiger partial charge in [-0.25, -0.2) is 4.68 Å². The van der Waals surface area contributed by atoms with Crippen molar-refractivity contribution >= 4 is 17.6 Å². The maximum absolute atomic E-state index is 12.4. The number of amides is 1. The van der Waals surface area contributed by atoms with E-state index < -0.39 is 23.3 Å². The van der Waals surface area contributed by atoms with Crippen molar-refractivity contribution in [2.75, 3.05) is 6.54 Å². The Morgan fingerprint density at radius 2 is 1.92 bits per heavy atom. The van der Waals surface area contributed by atoms with Crippen LogP contribution in [0, 0.1) is 10.1 Å². The Morgan fingerprint density at radius 1 is 1.29 bits per heavy atom. The maximum Gasteiger partial charge on any atom is 0.323 e. The van der Waals surface area contributed by atoms with Gasteiger partial charge >= 0.3 is 5.97 Å². The molecule has 126 valence electrons. The van der Waals surface area contributed by atoms with Crippen molar-refractivity contribution < 1.29 is 19.6 Å². The number of carboxylic acids is 1. The number of rotatable bonds is 6. The number of nitro benzene ring substituents is 1. The molecule has 0 radical (unpaired) electrons. The van der Waals surface area contributed by atoms with Crippen LogP contribution in [0.3, 0.4) is 0 Å². The molecule has 0 atom stereocenters. The maximum atomic E-state index is 12.4. The summed E-state index contributed by atoms with van der Waals surface area (Å²) in [5, 5.41) is 23.7. The van der Waals surface area contributed by atoms with E-state index in [0.717, 1.165) is 0 Å². The Balaban J connectivity index is 2.24. The highest BCUT2D eigenvalue weighted by atomic mass is 16.6. The molecule has 0 aliphatic rings. The molecule has 0 unspecified atom stereocenters. The van der Waals surface area contributed by atoms with Crippen LogP contribution in [-0.4, -0.2) is 49.2 Å². The smallest absolute Gasteiger partial charge is 0.323 e. The van der Waals surface area contributed by atoms with E-state index in [4.69, 9.17) is 5.11 Å². The first-order chi connectivity index (χ1) is 11.3. The minimum absolute atomic E-state index is 0.0466. The molecule has 0 bridgehead atoms. The molecule has 1 heterocycles. The molecule has 24 heavy (non-hydrogen) atoms. The van der Waals surface area contributed by atoms with Gasteiger partial charge in [0.15, 0.2) is 5.69 Å². The summed E-state index contributed by atoms with van der Waals surface area (Å²) in [5.41, 5.74) is 0.604. The predicted octanol–water partition coefficient (Wildman–Crippen LogP) is 1.72. The standard InChI is InChI=1S/C15H16N4O5/c1-10(2)17(9-14(20)21)15(22)13-7-8-18(16-13)11-3-5-12(6-4-11)19(23)24/h3-8,10H,9H2,1-2H3,(H,20,21). The first-order valence-electron chi connectivity index (χ1n) is 7.13. The Labute approximate surface area is 137 Å². The molecule has 9 nitrogen and oxygen atoms in total. The fraction of sp³-hybridized carbons (Fsp3) is 0.267. The monoisotopic (exact) mass is 332 g/mol. The summed E-state index contributed by atoms with van der Waals surface area (Å²) in [6.07, 6.45) is 1.54. The molecule has 1 aromatic carbocycles. The lowest BCUT2D eigenvalue weighted by atomic mass is 10.2. The van der Waals surface area contributed by atoms with E-state index in [1.54, 1.807) is 13.8 Å². The third kappa shape index (κ3) is 3.75. The van der Waals surface area contributed by atoms with Crippen LogP contribution in [0.15, 0.2) is 36.5 Å². The molecule has 0 aliphatic carbocycles. The number of hydrogen-bond donors (Lipinski definition) is 1. The SMILES string of the molecule is CC(C)N(CC(=O)O)C(=O)c1ccn(-c2ccc([N+](=O)[O-])cc2)n1. The molecule has 2 aromatic rings. The zero-order valence-corrected chi connectivity index (χ0v) is 13.1. The Bertz CT molecular complexity index is 766. The van der Waals surface area contributed by atoms with Crippen LogP contribution in [0.5, 0.6) is 0 Å². The number of nitrogens with zero attached hydrogens (tertiary/aromatic N) is 4. The van der Waals surface area contributed by atoms with Gasteiger partial charge in [-0.3, -0.25) is 19.7 Å². The molecular formula is C15H16N4O5. The van der Waals surface area contributed by atoms with Gasteiger partial charge in [0.2, 0.25) is 0 Å². The van der Waals surface area contributed by atoms with Crippen LogP contribution in [0.1, 0.15) is 24.3 Å². The molecular weight excluding hydrogens is 316 g/mol. The van der Waals surface area contributed by atoms with Gasteiger partial charge in [-0.05, 0) is 32.0 Å². The lowest BCUT2D eigenvalue weighted by molar-refractivity contribution is -0.384. The van der Waals surface area contributed by atoms with Crippen LogP contribution in [0.25, 0.3) is 5.69 Å². The fourth-order valence-corrected chi connectivity index (χ4v) is 2.09. The van der Waals surface area contributed by atoms with E-state index in [1.165, 1.54) is 46.1 Å². The molecule has 9 heteroatoms. The minimum atomic E-state index is -1.10. The van der Waals surface area contributed by atoms with Crippen molar-refractivity contribution in [2.24, 2.45) is 0 Å². The summed E-state index contributed by atoms with van der Waals surface area (Å²) in [5.74, 6) is -1.60. The second-order valence-electron chi connectivity index (χ2n) is 5.34. The van der Waals surface area contributed by atoms with E-state index in [1.807, 2.05) is 0 Å². The normalized spacial score (nSPS) is 10.6.